The van der Waals surface area contributed by atoms with Crippen molar-refractivity contribution in [1.82, 2.24) is 5.32 Å². The van der Waals surface area contributed by atoms with Crippen LogP contribution in [0.5, 0.6) is 0 Å². The number of hydrogen-bond donors (Lipinski definition) is 1. The summed E-state index contributed by atoms with van der Waals surface area (Å²) in [5, 5.41) is 4.55. The van der Waals surface area contributed by atoms with Crippen LogP contribution in [-0.4, -0.2) is 13.1 Å². The zero-order chi connectivity index (χ0) is 15.2. The summed E-state index contributed by atoms with van der Waals surface area (Å²) in [5.41, 5.74) is 2.64. The molecule has 118 valence electrons. The average Bonchev–Trinajstić information content (AvgIpc) is 2.50. The fourth-order valence-corrected chi connectivity index (χ4v) is 3.84. The standard InChI is InChI=1S/C19H30ClN/c1-4-10-21-13-17-9-7-15(5-2)11-18(17)16-8-6-14(3)19(20)12-16/h6,8,12,15,17-18,21H,4-5,7,9-11,13H2,1-3H3. The van der Waals surface area contributed by atoms with Crippen molar-refractivity contribution < 1.29 is 0 Å². The predicted molar refractivity (Wildman–Crippen MR) is 93.2 cm³/mol. The maximum absolute atomic E-state index is 6.36. The Morgan fingerprint density at radius 1 is 1.24 bits per heavy atom. The van der Waals surface area contributed by atoms with Crippen molar-refractivity contribution in [2.24, 2.45) is 11.8 Å². The minimum absolute atomic E-state index is 0.672. The van der Waals surface area contributed by atoms with E-state index >= 15 is 0 Å². The van der Waals surface area contributed by atoms with Crippen LogP contribution in [0.1, 0.15) is 63.0 Å². The van der Waals surface area contributed by atoms with Crippen molar-refractivity contribution >= 4 is 11.6 Å². The Labute approximate surface area is 135 Å². The number of benzene rings is 1. The molecule has 0 saturated heterocycles. The van der Waals surface area contributed by atoms with E-state index in [0.717, 1.165) is 29.9 Å². The van der Waals surface area contributed by atoms with Gasteiger partial charge in [0.15, 0.2) is 0 Å². The Morgan fingerprint density at radius 2 is 2.05 bits per heavy atom. The van der Waals surface area contributed by atoms with Crippen molar-refractivity contribution in [3.05, 3.63) is 34.3 Å². The van der Waals surface area contributed by atoms with Gasteiger partial charge in [0.1, 0.15) is 0 Å². The predicted octanol–water partition coefficient (Wildman–Crippen LogP) is 5.56. The van der Waals surface area contributed by atoms with Gasteiger partial charge < -0.3 is 5.32 Å². The summed E-state index contributed by atoms with van der Waals surface area (Å²) in [7, 11) is 0. The van der Waals surface area contributed by atoms with Crippen molar-refractivity contribution in [3.63, 3.8) is 0 Å². The summed E-state index contributed by atoms with van der Waals surface area (Å²) in [6.45, 7) is 8.94. The summed E-state index contributed by atoms with van der Waals surface area (Å²) < 4.78 is 0. The topological polar surface area (TPSA) is 12.0 Å². The first kappa shape index (κ1) is 16.8. The highest BCUT2D eigenvalue weighted by atomic mass is 35.5. The molecule has 0 amide bonds. The summed E-state index contributed by atoms with van der Waals surface area (Å²) >= 11 is 6.36. The van der Waals surface area contributed by atoms with Gasteiger partial charge in [0, 0.05) is 5.02 Å². The van der Waals surface area contributed by atoms with Gasteiger partial charge in [-0.2, -0.15) is 0 Å². The van der Waals surface area contributed by atoms with Crippen LogP contribution in [0.2, 0.25) is 5.02 Å². The Kier molecular flexibility index (Phi) is 6.57. The maximum Gasteiger partial charge on any atom is 0.0438 e. The monoisotopic (exact) mass is 307 g/mol. The van der Waals surface area contributed by atoms with Gasteiger partial charge in [0.2, 0.25) is 0 Å². The lowest BCUT2D eigenvalue weighted by Gasteiger charge is -2.36. The van der Waals surface area contributed by atoms with E-state index in [1.54, 1.807) is 0 Å². The fraction of sp³-hybridized carbons (Fsp3) is 0.684. The minimum Gasteiger partial charge on any atom is -0.316 e. The third-order valence-electron chi connectivity index (χ3n) is 5.14. The molecule has 1 aromatic rings. The molecule has 1 N–H and O–H groups in total. The van der Waals surface area contributed by atoms with Gasteiger partial charge in [-0.15, -0.1) is 0 Å². The zero-order valence-electron chi connectivity index (χ0n) is 13.8. The number of nitrogens with one attached hydrogen (secondary N) is 1. The van der Waals surface area contributed by atoms with Gasteiger partial charge in [-0.05, 0) is 74.2 Å². The third kappa shape index (κ3) is 4.47. The zero-order valence-corrected chi connectivity index (χ0v) is 14.5. The van der Waals surface area contributed by atoms with Gasteiger partial charge in [-0.25, -0.2) is 0 Å². The molecule has 3 atom stereocenters. The first-order chi connectivity index (χ1) is 10.2. The second-order valence-electron chi connectivity index (χ2n) is 6.67. The number of hydrogen-bond acceptors (Lipinski definition) is 1. The molecule has 21 heavy (non-hydrogen) atoms. The number of rotatable bonds is 6. The van der Waals surface area contributed by atoms with Crippen LogP contribution in [-0.2, 0) is 0 Å². The van der Waals surface area contributed by atoms with Gasteiger partial charge in [-0.3, -0.25) is 0 Å². The van der Waals surface area contributed by atoms with E-state index in [4.69, 9.17) is 11.6 Å². The molecule has 0 radical (unpaired) electrons. The molecule has 1 nitrogen and oxygen atoms in total. The largest absolute Gasteiger partial charge is 0.316 e. The molecule has 0 heterocycles. The molecule has 1 aliphatic carbocycles. The smallest absolute Gasteiger partial charge is 0.0438 e. The van der Waals surface area contributed by atoms with E-state index in [1.165, 1.54) is 43.2 Å². The molecule has 0 aliphatic heterocycles. The van der Waals surface area contributed by atoms with Crippen LogP contribution in [0.25, 0.3) is 0 Å². The Morgan fingerprint density at radius 3 is 2.71 bits per heavy atom. The second kappa shape index (κ2) is 8.19. The van der Waals surface area contributed by atoms with Gasteiger partial charge in [-0.1, -0.05) is 50.4 Å². The number of aryl methyl sites for hydroxylation is 1. The van der Waals surface area contributed by atoms with Crippen LogP contribution in [0, 0.1) is 18.8 Å². The highest BCUT2D eigenvalue weighted by molar-refractivity contribution is 6.31. The summed E-state index contributed by atoms with van der Waals surface area (Å²) in [4.78, 5) is 0. The average molecular weight is 308 g/mol. The quantitative estimate of drug-likeness (QED) is 0.679. The van der Waals surface area contributed by atoms with Crippen molar-refractivity contribution in [3.8, 4) is 0 Å². The van der Waals surface area contributed by atoms with Crippen LogP contribution in [0.4, 0.5) is 0 Å². The molecule has 1 aliphatic rings. The highest BCUT2D eigenvalue weighted by Crippen LogP contribution is 2.42. The van der Waals surface area contributed by atoms with Crippen LogP contribution in [0.3, 0.4) is 0 Å². The normalized spacial score (nSPS) is 26.0. The lowest BCUT2D eigenvalue weighted by molar-refractivity contribution is 0.226. The molecular formula is C19H30ClN. The second-order valence-corrected chi connectivity index (χ2v) is 7.07. The fourth-order valence-electron chi connectivity index (χ4n) is 3.65. The molecule has 3 unspecified atom stereocenters. The van der Waals surface area contributed by atoms with Crippen molar-refractivity contribution in [2.45, 2.75) is 58.8 Å². The molecule has 1 fully saturated rings. The van der Waals surface area contributed by atoms with E-state index in [9.17, 15) is 0 Å². The SMILES string of the molecule is CCCNCC1CCC(CC)CC1c1ccc(C)c(Cl)c1. The highest BCUT2D eigenvalue weighted by Gasteiger charge is 2.30. The summed E-state index contributed by atoms with van der Waals surface area (Å²) in [6, 6.07) is 6.70. The molecular weight excluding hydrogens is 278 g/mol. The van der Waals surface area contributed by atoms with E-state index in [-0.39, 0.29) is 0 Å². The molecule has 0 bridgehead atoms. The molecule has 1 saturated carbocycles. The first-order valence-corrected chi connectivity index (χ1v) is 9.00. The third-order valence-corrected chi connectivity index (χ3v) is 5.54. The summed E-state index contributed by atoms with van der Waals surface area (Å²) in [6.07, 6.45) is 6.60. The van der Waals surface area contributed by atoms with E-state index in [2.05, 4.69) is 44.3 Å². The Hall–Kier alpha value is -0.530. The van der Waals surface area contributed by atoms with E-state index in [0.29, 0.717) is 5.92 Å². The van der Waals surface area contributed by atoms with Crippen molar-refractivity contribution in [2.75, 3.05) is 13.1 Å². The Balaban J connectivity index is 2.13. The minimum atomic E-state index is 0.672. The van der Waals surface area contributed by atoms with Crippen LogP contribution < -0.4 is 5.32 Å². The first-order valence-electron chi connectivity index (χ1n) is 8.62. The van der Waals surface area contributed by atoms with Gasteiger partial charge in [0.05, 0.1) is 0 Å². The van der Waals surface area contributed by atoms with Crippen LogP contribution in [0.15, 0.2) is 18.2 Å². The molecule has 1 aromatic carbocycles. The molecule has 0 spiro atoms. The Bertz CT molecular complexity index is 441. The van der Waals surface area contributed by atoms with Crippen LogP contribution >= 0.6 is 11.6 Å². The molecule has 2 rings (SSSR count). The van der Waals surface area contributed by atoms with Gasteiger partial charge in [0.25, 0.3) is 0 Å². The lowest BCUT2D eigenvalue weighted by atomic mass is 9.70. The van der Waals surface area contributed by atoms with E-state index < -0.39 is 0 Å². The number of halogens is 1. The summed E-state index contributed by atoms with van der Waals surface area (Å²) in [5.74, 6) is 2.32. The van der Waals surface area contributed by atoms with Gasteiger partial charge >= 0.3 is 0 Å². The van der Waals surface area contributed by atoms with E-state index in [1.807, 2.05) is 0 Å². The molecule has 0 aromatic heterocycles. The van der Waals surface area contributed by atoms with Crippen molar-refractivity contribution in [1.29, 1.82) is 0 Å². The lowest BCUT2D eigenvalue weighted by Crippen LogP contribution is -2.32. The maximum atomic E-state index is 6.36. The molecule has 2 heteroatoms.